The van der Waals surface area contributed by atoms with E-state index in [1.807, 2.05) is 16.7 Å². The first-order chi connectivity index (χ1) is 15.2. The second kappa shape index (κ2) is 9.77. The maximum atomic E-state index is 12.5. The smallest absolute Gasteiger partial charge is 0.341 e. The Labute approximate surface area is 189 Å². The van der Waals surface area contributed by atoms with Crippen LogP contribution in [0.15, 0.2) is 29.2 Å². The van der Waals surface area contributed by atoms with Crippen LogP contribution in [0.5, 0.6) is 11.5 Å². The van der Waals surface area contributed by atoms with E-state index >= 15 is 0 Å². The van der Waals surface area contributed by atoms with Crippen molar-refractivity contribution in [2.24, 2.45) is 11.1 Å². The molecule has 174 valence electrons. The van der Waals surface area contributed by atoms with Crippen molar-refractivity contribution in [3.05, 3.63) is 45.7 Å². The van der Waals surface area contributed by atoms with Crippen molar-refractivity contribution < 1.29 is 19.4 Å². The number of carboxylic acid groups (broad SMARTS) is 1. The molecule has 0 saturated heterocycles. The molecule has 0 unspecified atom stereocenters. The summed E-state index contributed by atoms with van der Waals surface area (Å²) in [7, 11) is 1.59. The summed E-state index contributed by atoms with van der Waals surface area (Å²) in [6, 6.07) is 5.31. The van der Waals surface area contributed by atoms with E-state index in [0.717, 1.165) is 36.8 Å². The van der Waals surface area contributed by atoms with Gasteiger partial charge in [-0.2, -0.15) is 0 Å². The molecule has 2 aromatic rings. The van der Waals surface area contributed by atoms with Crippen LogP contribution < -0.4 is 20.6 Å². The number of benzene rings is 1. The van der Waals surface area contributed by atoms with Crippen molar-refractivity contribution in [3.8, 4) is 22.8 Å². The first kappa shape index (κ1) is 23.9. The Hall–Kier alpha value is -2.80. The summed E-state index contributed by atoms with van der Waals surface area (Å²) in [5.74, 6) is 0.0773. The zero-order valence-electron chi connectivity index (χ0n) is 19.4. The fourth-order valence-corrected chi connectivity index (χ4v) is 4.28. The quantitative estimate of drug-likeness (QED) is 0.562. The van der Waals surface area contributed by atoms with Crippen LogP contribution in [0.4, 0.5) is 0 Å². The maximum absolute atomic E-state index is 12.5. The van der Waals surface area contributed by atoms with E-state index in [1.54, 1.807) is 7.11 Å². The summed E-state index contributed by atoms with van der Waals surface area (Å²) in [5.41, 5.74) is 7.31. The van der Waals surface area contributed by atoms with Gasteiger partial charge in [0.2, 0.25) is 0 Å². The second-order valence-electron chi connectivity index (χ2n) is 9.45. The molecule has 3 N–H and O–H groups in total. The Kier molecular flexibility index (Phi) is 7.29. The largest absolute Gasteiger partial charge is 0.493 e. The minimum Gasteiger partial charge on any atom is -0.493 e. The summed E-state index contributed by atoms with van der Waals surface area (Å²) in [6.07, 6.45) is 6.32. The first-order valence-corrected chi connectivity index (χ1v) is 11.2. The van der Waals surface area contributed by atoms with Gasteiger partial charge >= 0.3 is 5.97 Å². The first-order valence-electron chi connectivity index (χ1n) is 11.2. The van der Waals surface area contributed by atoms with Gasteiger partial charge in [-0.3, -0.25) is 4.79 Å². The lowest BCUT2D eigenvalue weighted by atomic mass is 9.78. The molecular weight excluding hydrogens is 408 g/mol. The van der Waals surface area contributed by atoms with Crippen molar-refractivity contribution in [1.82, 2.24) is 4.57 Å². The zero-order chi connectivity index (χ0) is 23.5. The number of rotatable bonds is 9. The highest BCUT2D eigenvalue weighted by atomic mass is 16.5. The standard InChI is InChI=1S/C25H34N2O5/c1-25(2,3)23-12-16-11-22(32-10-8-6-5-7-9-26)21(31-4)13-17(16)19-14-20(28)18(24(29)30)15-27(19)23/h11,13-15,23H,5-10,12,26H2,1-4H3,(H,29,30)/t23-/m0/s1. The molecular formula is C25H34N2O5. The van der Waals surface area contributed by atoms with Gasteiger partial charge in [-0.25, -0.2) is 4.79 Å². The van der Waals surface area contributed by atoms with Gasteiger partial charge in [0.25, 0.3) is 0 Å². The van der Waals surface area contributed by atoms with Crippen LogP contribution in [-0.4, -0.2) is 35.9 Å². The van der Waals surface area contributed by atoms with Gasteiger partial charge in [0.05, 0.1) is 19.4 Å². The van der Waals surface area contributed by atoms with E-state index in [9.17, 15) is 14.7 Å². The van der Waals surface area contributed by atoms with Gasteiger partial charge in [-0.05, 0) is 48.9 Å². The average molecular weight is 443 g/mol. The van der Waals surface area contributed by atoms with Gasteiger partial charge in [0, 0.05) is 23.9 Å². The molecule has 0 fully saturated rings. The van der Waals surface area contributed by atoms with Crippen molar-refractivity contribution in [1.29, 1.82) is 0 Å². The van der Waals surface area contributed by atoms with Crippen LogP contribution >= 0.6 is 0 Å². The summed E-state index contributed by atoms with van der Waals surface area (Å²) in [4.78, 5) is 24.1. The summed E-state index contributed by atoms with van der Waals surface area (Å²) < 4.78 is 13.6. The number of carboxylic acids is 1. The summed E-state index contributed by atoms with van der Waals surface area (Å²) in [6.45, 7) is 7.67. The number of fused-ring (bicyclic) bond motifs is 3. The van der Waals surface area contributed by atoms with E-state index in [-0.39, 0.29) is 17.0 Å². The van der Waals surface area contributed by atoms with Crippen molar-refractivity contribution in [3.63, 3.8) is 0 Å². The molecule has 7 heteroatoms. The summed E-state index contributed by atoms with van der Waals surface area (Å²) in [5, 5.41) is 9.46. The van der Waals surface area contributed by atoms with Gasteiger partial charge < -0.3 is 24.9 Å². The predicted molar refractivity (Wildman–Crippen MR) is 125 cm³/mol. The number of pyridine rings is 1. The lowest BCUT2D eigenvalue weighted by Crippen LogP contribution is -2.32. The van der Waals surface area contributed by atoms with Crippen LogP contribution in [0.2, 0.25) is 0 Å². The third-order valence-electron chi connectivity index (χ3n) is 6.08. The third-order valence-corrected chi connectivity index (χ3v) is 6.08. The zero-order valence-corrected chi connectivity index (χ0v) is 19.4. The number of nitrogens with two attached hydrogens (primary N) is 1. The Morgan fingerprint density at radius 1 is 1.16 bits per heavy atom. The number of hydrogen-bond donors (Lipinski definition) is 2. The van der Waals surface area contributed by atoms with Crippen LogP contribution in [0, 0.1) is 5.41 Å². The van der Waals surface area contributed by atoms with Crippen molar-refractivity contribution >= 4 is 5.97 Å². The Bertz CT molecular complexity index is 1040. The molecule has 1 atom stereocenters. The van der Waals surface area contributed by atoms with Crippen molar-refractivity contribution in [2.45, 2.75) is 58.9 Å². The highest BCUT2D eigenvalue weighted by molar-refractivity contribution is 5.88. The molecule has 0 aliphatic carbocycles. The molecule has 0 saturated carbocycles. The second-order valence-corrected chi connectivity index (χ2v) is 9.45. The molecule has 1 aliphatic rings. The Morgan fingerprint density at radius 2 is 1.88 bits per heavy atom. The van der Waals surface area contributed by atoms with E-state index in [2.05, 4.69) is 20.8 Å². The van der Waals surface area contributed by atoms with Crippen molar-refractivity contribution in [2.75, 3.05) is 20.3 Å². The number of carbonyl (C=O) groups is 1. The predicted octanol–water partition coefficient (Wildman–Crippen LogP) is 4.26. The number of methoxy groups -OCH3 is 1. The molecule has 0 spiro atoms. The normalized spacial score (nSPS) is 15.1. The Morgan fingerprint density at radius 3 is 2.50 bits per heavy atom. The number of nitrogens with zero attached hydrogens (tertiary/aromatic N) is 1. The molecule has 3 rings (SSSR count). The molecule has 0 amide bonds. The Balaban J connectivity index is 2.01. The molecule has 7 nitrogen and oxygen atoms in total. The molecule has 1 aliphatic heterocycles. The molecule has 0 bridgehead atoms. The minimum absolute atomic E-state index is 0.0128. The fourth-order valence-electron chi connectivity index (χ4n) is 4.28. The van der Waals surface area contributed by atoms with Crippen LogP contribution in [0.3, 0.4) is 0 Å². The van der Waals surface area contributed by atoms with Gasteiger partial charge in [-0.1, -0.05) is 33.6 Å². The van der Waals surface area contributed by atoms with Crippen LogP contribution in [0.1, 0.15) is 68.4 Å². The average Bonchev–Trinajstić information content (AvgIpc) is 2.73. The molecule has 32 heavy (non-hydrogen) atoms. The van der Waals surface area contributed by atoms with Gasteiger partial charge in [0.15, 0.2) is 16.9 Å². The third kappa shape index (κ3) is 4.99. The highest BCUT2D eigenvalue weighted by Gasteiger charge is 2.34. The molecule has 1 aromatic carbocycles. The maximum Gasteiger partial charge on any atom is 0.341 e. The van der Waals surface area contributed by atoms with Crippen LogP contribution in [-0.2, 0) is 6.42 Å². The lowest BCUT2D eigenvalue weighted by molar-refractivity contribution is 0.0693. The molecule has 0 radical (unpaired) electrons. The number of aromatic carboxylic acids is 1. The SMILES string of the molecule is COc1cc2c(cc1OCCCCCCN)C[C@@H](C(C)(C)C)n1cc(C(=O)O)c(=O)cc1-2. The molecule has 1 aromatic heterocycles. The number of aromatic nitrogens is 1. The number of hydrogen-bond acceptors (Lipinski definition) is 5. The van der Waals surface area contributed by atoms with E-state index < -0.39 is 11.4 Å². The van der Waals surface area contributed by atoms with E-state index in [1.165, 1.54) is 12.3 Å². The summed E-state index contributed by atoms with van der Waals surface area (Å²) >= 11 is 0. The van der Waals surface area contributed by atoms with E-state index in [0.29, 0.717) is 36.8 Å². The van der Waals surface area contributed by atoms with Gasteiger partial charge in [-0.15, -0.1) is 0 Å². The molecule has 2 heterocycles. The lowest BCUT2D eigenvalue weighted by Gasteiger charge is -2.39. The van der Waals surface area contributed by atoms with Gasteiger partial charge in [0.1, 0.15) is 5.56 Å². The van der Waals surface area contributed by atoms with E-state index in [4.69, 9.17) is 15.2 Å². The minimum atomic E-state index is -1.21. The monoisotopic (exact) mass is 442 g/mol. The topological polar surface area (TPSA) is 104 Å². The highest BCUT2D eigenvalue weighted by Crippen LogP contribution is 2.45. The number of unbranched alkanes of at least 4 members (excludes halogenated alkanes) is 3. The van der Waals surface area contributed by atoms with Crippen LogP contribution in [0.25, 0.3) is 11.3 Å². The number of ether oxygens (including phenoxy) is 2. The fraction of sp³-hybridized carbons (Fsp3) is 0.520.